The van der Waals surface area contributed by atoms with Crippen LogP contribution >= 0.6 is 0 Å². The average molecular weight is 231 g/mol. The van der Waals surface area contributed by atoms with Gasteiger partial charge in [0.15, 0.2) is 0 Å². The third kappa shape index (κ3) is 6.62. The molecular formula is C16H25N. The molecular weight excluding hydrogens is 206 g/mol. The summed E-state index contributed by atoms with van der Waals surface area (Å²) in [6.45, 7) is 15.8. The molecule has 0 saturated carbocycles. The lowest BCUT2D eigenvalue weighted by atomic mass is 9.94. The van der Waals surface area contributed by atoms with Crippen LogP contribution in [0.2, 0.25) is 0 Å². The van der Waals surface area contributed by atoms with E-state index < -0.39 is 0 Å². The fourth-order valence-corrected chi connectivity index (χ4v) is 1.69. The molecule has 0 heterocycles. The van der Waals surface area contributed by atoms with Crippen molar-refractivity contribution in [3.05, 3.63) is 60.5 Å². The maximum absolute atomic E-state index is 3.91. The summed E-state index contributed by atoms with van der Waals surface area (Å²) in [5, 5.41) is 3.21. The van der Waals surface area contributed by atoms with E-state index in [0.29, 0.717) is 5.92 Å². The van der Waals surface area contributed by atoms with Gasteiger partial charge in [-0.25, -0.2) is 0 Å². The standard InChI is InChI=1S/C16H25N/c1-7-10-15(8-2)16(9-3)12-11-14(6)17-13(4)5/h7-11,16-17H,3-4,12H2,1-2,5-6H3/b10-7-,14-11+,15-8+. The molecule has 0 aliphatic heterocycles. The maximum Gasteiger partial charge on any atom is 0.00766 e. The third-order valence-electron chi connectivity index (χ3n) is 2.49. The summed E-state index contributed by atoms with van der Waals surface area (Å²) in [6, 6.07) is 0. The van der Waals surface area contributed by atoms with Crippen LogP contribution in [0.25, 0.3) is 0 Å². The first-order chi connectivity index (χ1) is 8.04. The molecule has 1 nitrogen and oxygen atoms in total. The quantitative estimate of drug-likeness (QED) is 0.493. The van der Waals surface area contributed by atoms with Crippen LogP contribution in [0.15, 0.2) is 60.5 Å². The van der Waals surface area contributed by atoms with Gasteiger partial charge in [-0.1, -0.05) is 37.0 Å². The molecule has 0 radical (unpaired) electrons. The Hall–Kier alpha value is -1.50. The molecule has 0 rings (SSSR count). The van der Waals surface area contributed by atoms with Gasteiger partial charge in [0.25, 0.3) is 0 Å². The van der Waals surface area contributed by atoms with E-state index in [2.05, 4.69) is 56.6 Å². The molecule has 17 heavy (non-hydrogen) atoms. The maximum atomic E-state index is 3.91. The molecule has 0 aromatic heterocycles. The van der Waals surface area contributed by atoms with Crippen molar-refractivity contribution in [3.8, 4) is 0 Å². The van der Waals surface area contributed by atoms with E-state index in [1.54, 1.807) is 0 Å². The molecule has 0 saturated heterocycles. The number of hydrogen-bond acceptors (Lipinski definition) is 1. The van der Waals surface area contributed by atoms with Crippen molar-refractivity contribution in [2.24, 2.45) is 5.92 Å². The topological polar surface area (TPSA) is 12.0 Å². The molecule has 1 heteroatoms. The molecule has 0 aliphatic carbocycles. The summed E-state index contributed by atoms with van der Waals surface area (Å²) in [5.74, 6) is 0.373. The van der Waals surface area contributed by atoms with Crippen LogP contribution in [-0.4, -0.2) is 0 Å². The van der Waals surface area contributed by atoms with Gasteiger partial charge in [-0.2, -0.15) is 0 Å². The van der Waals surface area contributed by atoms with Crippen molar-refractivity contribution >= 4 is 0 Å². The van der Waals surface area contributed by atoms with E-state index in [1.165, 1.54) is 5.57 Å². The van der Waals surface area contributed by atoms with Gasteiger partial charge in [-0.3, -0.25) is 0 Å². The fourth-order valence-electron chi connectivity index (χ4n) is 1.69. The lowest BCUT2D eigenvalue weighted by Crippen LogP contribution is -2.07. The smallest absolute Gasteiger partial charge is 0.00766 e. The molecule has 0 aromatic rings. The molecule has 0 aromatic carbocycles. The molecule has 94 valence electrons. The number of rotatable bonds is 7. The van der Waals surface area contributed by atoms with Crippen molar-refractivity contribution < 1.29 is 0 Å². The minimum Gasteiger partial charge on any atom is -0.364 e. The monoisotopic (exact) mass is 231 g/mol. The largest absolute Gasteiger partial charge is 0.364 e. The Morgan fingerprint density at radius 1 is 1.29 bits per heavy atom. The van der Waals surface area contributed by atoms with Crippen LogP contribution in [-0.2, 0) is 0 Å². The SMILES string of the molecule is C=CC(C/C=C(\C)NC(=C)C)C(/C=C\C)=C/C. The highest BCUT2D eigenvalue weighted by Gasteiger charge is 2.05. The summed E-state index contributed by atoms with van der Waals surface area (Å²) in [6.07, 6.45) is 11.5. The number of allylic oxidation sites excluding steroid dienone is 8. The van der Waals surface area contributed by atoms with Crippen LogP contribution in [0.3, 0.4) is 0 Å². The average Bonchev–Trinajstić information content (AvgIpc) is 2.27. The van der Waals surface area contributed by atoms with E-state index in [1.807, 2.05) is 19.9 Å². The Morgan fingerprint density at radius 2 is 1.94 bits per heavy atom. The van der Waals surface area contributed by atoms with Gasteiger partial charge in [-0.15, -0.1) is 6.58 Å². The Labute approximate surface area is 106 Å². The van der Waals surface area contributed by atoms with Gasteiger partial charge >= 0.3 is 0 Å². The van der Waals surface area contributed by atoms with Crippen LogP contribution < -0.4 is 5.32 Å². The molecule has 1 N–H and O–H groups in total. The second-order valence-corrected chi connectivity index (χ2v) is 4.16. The third-order valence-corrected chi connectivity index (χ3v) is 2.49. The minimum atomic E-state index is 0.373. The molecule has 0 fully saturated rings. The normalized spacial score (nSPS) is 14.8. The fraction of sp³-hybridized carbons (Fsp3) is 0.375. The van der Waals surface area contributed by atoms with Gasteiger partial charge in [0.2, 0.25) is 0 Å². The summed E-state index contributed by atoms with van der Waals surface area (Å²) in [5.41, 5.74) is 3.41. The van der Waals surface area contributed by atoms with Gasteiger partial charge in [0, 0.05) is 17.3 Å². The van der Waals surface area contributed by atoms with Crippen LogP contribution in [0.1, 0.15) is 34.1 Å². The van der Waals surface area contributed by atoms with Gasteiger partial charge in [-0.05, 0) is 39.7 Å². The predicted octanol–water partition coefficient (Wildman–Crippen LogP) is 4.73. The Morgan fingerprint density at radius 3 is 2.35 bits per heavy atom. The zero-order valence-corrected chi connectivity index (χ0v) is 11.6. The highest BCUT2D eigenvalue weighted by atomic mass is 14.9. The number of hydrogen-bond donors (Lipinski definition) is 1. The van der Waals surface area contributed by atoms with Crippen molar-refractivity contribution in [2.45, 2.75) is 34.1 Å². The van der Waals surface area contributed by atoms with Crippen LogP contribution in [0.5, 0.6) is 0 Å². The molecule has 1 unspecified atom stereocenters. The summed E-state index contributed by atoms with van der Waals surface area (Å²) < 4.78 is 0. The van der Waals surface area contributed by atoms with E-state index in [4.69, 9.17) is 0 Å². The first-order valence-electron chi connectivity index (χ1n) is 6.05. The molecule has 0 spiro atoms. The van der Waals surface area contributed by atoms with Crippen LogP contribution in [0, 0.1) is 5.92 Å². The van der Waals surface area contributed by atoms with Crippen molar-refractivity contribution in [2.75, 3.05) is 0 Å². The minimum absolute atomic E-state index is 0.373. The first kappa shape index (κ1) is 15.5. The van der Waals surface area contributed by atoms with E-state index in [9.17, 15) is 0 Å². The van der Waals surface area contributed by atoms with Crippen molar-refractivity contribution in [3.63, 3.8) is 0 Å². The second kappa shape index (κ2) is 8.63. The van der Waals surface area contributed by atoms with Crippen molar-refractivity contribution in [1.29, 1.82) is 0 Å². The molecule has 0 aliphatic rings. The molecule has 0 amide bonds. The van der Waals surface area contributed by atoms with Crippen molar-refractivity contribution in [1.82, 2.24) is 5.32 Å². The summed E-state index contributed by atoms with van der Waals surface area (Å²) in [7, 11) is 0. The zero-order valence-electron chi connectivity index (χ0n) is 11.6. The number of nitrogens with one attached hydrogen (secondary N) is 1. The summed E-state index contributed by atoms with van der Waals surface area (Å²) in [4.78, 5) is 0. The lowest BCUT2D eigenvalue weighted by molar-refractivity contribution is 0.782. The van der Waals surface area contributed by atoms with Gasteiger partial charge in [0.05, 0.1) is 0 Å². The summed E-state index contributed by atoms with van der Waals surface area (Å²) >= 11 is 0. The predicted molar refractivity (Wildman–Crippen MR) is 78.6 cm³/mol. The van der Waals surface area contributed by atoms with Crippen LogP contribution in [0.4, 0.5) is 0 Å². The first-order valence-corrected chi connectivity index (χ1v) is 6.05. The lowest BCUT2D eigenvalue weighted by Gasteiger charge is -2.13. The Bertz CT molecular complexity index is 343. The Kier molecular flexibility index (Phi) is 7.87. The highest BCUT2D eigenvalue weighted by molar-refractivity contribution is 5.25. The van der Waals surface area contributed by atoms with E-state index in [-0.39, 0.29) is 0 Å². The zero-order chi connectivity index (χ0) is 13.3. The molecule has 0 bridgehead atoms. The van der Waals surface area contributed by atoms with Gasteiger partial charge in [0.1, 0.15) is 0 Å². The van der Waals surface area contributed by atoms with E-state index >= 15 is 0 Å². The second-order valence-electron chi connectivity index (χ2n) is 4.16. The van der Waals surface area contributed by atoms with E-state index in [0.717, 1.165) is 17.8 Å². The van der Waals surface area contributed by atoms with Gasteiger partial charge < -0.3 is 5.32 Å². The molecule has 1 atom stereocenters. The Balaban J connectivity index is 4.61. The highest BCUT2D eigenvalue weighted by Crippen LogP contribution is 2.19.